The number of benzene rings is 2. The molecule has 0 saturated heterocycles. The molecule has 0 aliphatic rings. The second-order valence-corrected chi connectivity index (χ2v) is 4.09. The number of hydrogen-bond acceptors (Lipinski definition) is 3. The smallest absolute Gasteiger partial charge is 0.165 e. The first kappa shape index (κ1) is 12.6. The molecule has 0 fully saturated rings. The summed E-state index contributed by atoms with van der Waals surface area (Å²) in [7, 11) is 0. The van der Waals surface area contributed by atoms with Gasteiger partial charge in [0.1, 0.15) is 12.4 Å². The van der Waals surface area contributed by atoms with Gasteiger partial charge in [0, 0.05) is 0 Å². The van der Waals surface area contributed by atoms with E-state index in [1.165, 1.54) is 12.1 Å². The van der Waals surface area contributed by atoms with Gasteiger partial charge in [0.15, 0.2) is 11.5 Å². The molecule has 2 aromatic carbocycles. The van der Waals surface area contributed by atoms with Crippen LogP contribution < -0.4 is 4.74 Å². The van der Waals surface area contributed by atoms with Crippen molar-refractivity contribution in [2.45, 2.75) is 12.5 Å². The van der Waals surface area contributed by atoms with Gasteiger partial charge in [-0.05, 0) is 17.7 Å². The SMILES string of the molecule is Oc1ccc(OCc2ccccc2)c(O)c1CCl. The number of alkyl halides is 1. The Morgan fingerprint density at radius 2 is 1.72 bits per heavy atom. The maximum absolute atomic E-state index is 9.88. The second kappa shape index (κ2) is 5.65. The van der Waals surface area contributed by atoms with Crippen LogP contribution in [-0.4, -0.2) is 10.2 Å². The number of phenolic OH excluding ortho intramolecular Hbond substituents is 2. The summed E-state index contributed by atoms with van der Waals surface area (Å²) < 4.78 is 5.50. The molecule has 0 aromatic heterocycles. The highest BCUT2D eigenvalue weighted by Crippen LogP contribution is 2.37. The quantitative estimate of drug-likeness (QED) is 0.832. The maximum atomic E-state index is 9.88. The fraction of sp³-hybridized carbons (Fsp3) is 0.143. The molecule has 0 unspecified atom stereocenters. The van der Waals surface area contributed by atoms with Crippen LogP contribution >= 0.6 is 11.6 Å². The summed E-state index contributed by atoms with van der Waals surface area (Å²) in [6, 6.07) is 12.6. The molecular formula is C14H13ClO3. The molecule has 0 aliphatic carbocycles. The number of halogens is 1. The van der Waals surface area contributed by atoms with E-state index >= 15 is 0 Å². The van der Waals surface area contributed by atoms with Gasteiger partial charge in [-0.25, -0.2) is 0 Å². The van der Waals surface area contributed by atoms with Gasteiger partial charge in [0.2, 0.25) is 0 Å². The van der Waals surface area contributed by atoms with E-state index in [1.54, 1.807) is 0 Å². The topological polar surface area (TPSA) is 49.7 Å². The van der Waals surface area contributed by atoms with Crippen molar-refractivity contribution in [1.29, 1.82) is 0 Å². The average Bonchev–Trinajstić information content (AvgIpc) is 2.40. The fourth-order valence-corrected chi connectivity index (χ4v) is 1.85. The van der Waals surface area contributed by atoms with Crippen molar-refractivity contribution in [3.8, 4) is 17.2 Å². The second-order valence-electron chi connectivity index (χ2n) is 3.82. The predicted molar refractivity (Wildman–Crippen MR) is 70.1 cm³/mol. The van der Waals surface area contributed by atoms with Gasteiger partial charge in [-0.3, -0.25) is 0 Å². The van der Waals surface area contributed by atoms with Gasteiger partial charge in [-0.15, -0.1) is 11.6 Å². The molecule has 0 spiro atoms. The van der Waals surface area contributed by atoms with Crippen molar-refractivity contribution < 1.29 is 14.9 Å². The molecule has 94 valence electrons. The van der Waals surface area contributed by atoms with Crippen molar-refractivity contribution in [2.24, 2.45) is 0 Å². The molecule has 0 heterocycles. The maximum Gasteiger partial charge on any atom is 0.165 e. The van der Waals surface area contributed by atoms with Gasteiger partial charge < -0.3 is 14.9 Å². The fourth-order valence-electron chi connectivity index (χ4n) is 1.59. The Hall–Kier alpha value is -1.87. The Bertz CT molecular complexity index is 526. The van der Waals surface area contributed by atoms with Crippen LogP contribution in [0.25, 0.3) is 0 Å². The highest BCUT2D eigenvalue weighted by atomic mass is 35.5. The number of ether oxygens (including phenoxy) is 1. The Labute approximate surface area is 110 Å². The van der Waals surface area contributed by atoms with Gasteiger partial charge >= 0.3 is 0 Å². The minimum absolute atomic E-state index is 0.0280. The van der Waals surface area contributed by atoms with E-state index in [0.29, 0.717) is 12.4 Å². The minimum Gasteiger partial charge on any atom is -0.507 e. The largest absolute Gasteiger partial charge is 0.507 e. The summed E-state index contributed by atoms with van der Waals surface area (Å²) in [5.41, 5.74) is 1.28. The molecule has 3 nitrogen and oxygen atoms in total. The van der Waals surface area contributed by atoms with Crippen LogP contribution in [0.15, 0.2) is 42.5 Å². The normalized spacial score (nSPS) is 10.3. The molecule has 0 amide bonds. The van der Waals surface area contributed by atoms with Crippen molar-refractivity contribution in [1.82, 2.24) is 0 Å². The molecule has 0 saturated carbocycles. The standard InChI is InChI=1S/C14H13ClO3/c15-8-11-12(16)6-7-13(14(11)17)18-9-10-4-2-1-3-5-10/h1-7,16-17H,8-9H2. The monoisotopic (exact) mass is 264 g/mol. The number of phenols is 2. The van der Waals surface area contributed by atoms with Gasteiger partial charge in [-0.1, -0.05) is 30.3 Å². The molecule has 2 N–H and O–H groups in total. The van der Waals surface area contributed by atoms with Crippen LogP contribution in [0.2, 0.25) is 0 Å². The first-order valence-corrected chi connectivity index (χ1v) is 6.02. The van der Waals surface area contributed by atoms with Crippen molar-refractivity contribution in [3.05, 3.63) is 53.6 Å². The zero-order valence-electron chi connectivity index (χ0n) is 9.64. The zero-order chi connectivity index (χ0) is 13.0. The van der Waals surface area contributed by atoms with Gasteiger partial charge in [0.05, 0.1) is 11.4 Å². The molecule has 0 atom stereocenters. The lowest BCUT2D eigenvalue weighted by atomic mass is 10.2. The van der Waals surface area contributed by atoms with Crippen LogP contribution in [-0.2, 0) is 12.5 Å². The third-order valence-corrected chi connectivity index (χ3v) is 2.86. The van der Waals surface area contributed by atoms with Gasteiger partial charge in [-0.2, -0.15) is 0 Å². The lowest BCUT2D eigenvalue weighted by Crippen LogP contribution is -1.96. The van der Waals surface area contributed by atoms with Crippen molar-refractivity contribution in [3.63, 3.8) is 0 Å². The molecule has 18 heavy (non-hydrogen) atoms. The number of aromatic hydroxyl groups is 2. The Morgan fingerprint density at radius 1 is 1.00 bits per heavy atom. The predicted octanol–water partition coefficient (Wildman–Crippen LogP) is 3.42. The summed E-state index contributed by atoms with van der Waals surface area (Å²) in [6.07, 6.45) is 0. The van der Waals surface area contributed by atoms with Crippen LogP contribution in [0.5, 0.6) is 17.2 Å². The third-order valence-electron chi connectivity index (χ3n) is 2.59. The number of rotatable bonds is 4. The third kappa shape index (κ3) is 2.68. The van der Waals surface area contributed by atoms with E-state index in [2.05, 4.69) is 0 Å². The Kier molecular flexibility index (Phi) is 3.95. The van der Waals surface area contributed by atoms with Crippen LogP contribution in [0.3, 0.4) is 0 Å². The molecule has 4 heteroatoms. The molecule has 2 rings (SSSR count). The van der Waals surface area contributed by atoms with Crippen molar-refractivity contribution >= 4 is 11.6 Å². The Morgan fingerprint density at radius 3 is 2.39 bits per heavy atom. The number of hydrogen-bond donors (Lipinski definition) is 2. The molecule has 0 aliphatic heterocycles. The Balaban J connectivity index is 2.15. The van der Waals surface area contributed by atoms with E-state index in [9.17, 15) is 10.2 Å². The minimum atomic E-state index is -0.110. The summed E-state index contributed by atoms with van der Waals surface area (Å²) >= 11 is 5.65. The first-order chi connectivity index (χ1) is 8.72. The van der Waals surface area contributed by atoms with Gasteiger partial charge in [0.25, 0.3) is 0 Å². The summed E-state index contributed by atoms with van der Waals surface area (Å²) in [4.78, 5) is 0. The van der Waals surface area contributed by atoms with E-state index in [0.717, 1.165) is 5.56 Å². The van der Waals surface area contributed by atoms with E-state index in [4.69, 9.17) is 16.3 Å². The van der Waals surface area contributed by atoms with Crippen molar-refractivity contribution in [2.75, 3.05) is 0 Å². The average molecular weight is 265 g/mol. The van der Waals surface area contributed by atoms with Crippen LogP contribution in [0.4, 0.5) is 0 Å². The van der Waals surface area contributed by atoms with E-state index in [1.807, 2.05) is 30.3 Å². The lowest BCUT2D eigenvalue weighted by Gasteiger charge is -2.11. The van der Waals surface area contributed by atoms with E-state index in [-0.39, 0.29) is 22.9 Å². The van der Waals surface area contributed by atoms with Crippen LogP contribution in [0.1, 0.15) is 11.1 Å². The highest BCUT2D eigenvalue weighted by molar-refractivity contribution is 6.17. The molecular weight excluding hydrogens is 252 g/mol. The summed E-state index contributed by atoms with van der Waals surface area (Å²) in [6.45, 7) is 0.348. The lowest BCUT2D eigenvalue weighted by molar-refractivity contribution is 0.287. The molecule has 0 radical (unpaired) electrons. The van der Waals surface area contributed by atoms with E-state index < -0.39 is 0 Å². The summed E-state index contributed by atoms with van der Waals surface area (Å²) in [5, 5.41) is 19.4. The molecule has 2 aromatic rings. The molecule has 0 bridgehead atoms. The zero-order valence-corrected chi connectivity index (χ0v) is 10.4. The van der Waals surface area contributed by atoms with Crippen LogP contribution in [0, 0.1) is 0 Å². The highest BCUT2D eigenvalue weighted by Gasteiger charge is 2.12. The first-order valence-electron chi connectivity index (χ1n) is 5.49. The summed E-state index contributed by atoms with van der Waals surface area (Å²) in [5.74, 6) is 0.197.